The molecule has 4 aromatic rings. The third kappa shape index (κ3) is 3.22. The fourth-order valence-corrected chi connectivity index (χ4v) is 4.44. The molecule has 1 aliphatic rings. The summed E-state index contributed by atoms with van der Waals surface area (Å²) >= 11 is 6.45. The van der Waals surface area contributed by atoms with Crippen molar-refractivity contribution in [3.8, 4) is 0 Å². The van der Waals surface area contributed by atoms with Crippen molar-refractivity contribution >= 4 is 34.4 Å². The van der Waals surface area contributed by atoms with Crippen LogP contribution in [0.15, 0.2) is 84.9 Å². The summed E-state index contributed by atoms with van der Waals surface area (Å²) in [6.45, 7) is 2.02. The third-order valence-corrected chi connectivity index (χ3v) is 6.17. The van der Waals surface area contributed by atoms with Crippen molar-refractivity contribution < 1.29 is 9.59 Å². The van der Waals surface area contributed by atoms with Gasteiger partial charge in [-0.25, -0.2) is 9.78 Å². The maximum atomic E-state index is 13.8. The van der Waals surface area contributed by atoms with Gasteiger partial charge >= 0.3 is 6.03 Å². The van der Waals surface area contributed by atoms with Crippen LogP contribution in [0.2, 0.25) is 5.15 Å². The lowest BCUT2D eigenvalue weighted by molar-refractivity contribution is -0.130. The summed E-state index contributed by atoms with van der Waals surface area (Å²) in [5, 5.41) is 4.14. The van der Waals surface area contributed by atoms with Gasteiger partial charge in [0, 0.05) is 10.9 Å². The molecule has 3 aromatic carbocycles. The quantitative estimate of drug-likeness (QED) is 0.350. The van der Waals surface area contributed by atoms with E-state index < -0.39 is 11.6 Å². The Kier molecular flexibility index (Phi) is 4.91. The number of imide groups is 1. The van der Waals surface area contributed by atoms with E-state index in [1.165, 1.54) is 4.90 Å². The number of hydrogen-bond donors (Lipinski definition) is 1. The maximum absolute atomic E-state index is 13.8. The number of pyridine rings is 1. The number of nitrogens with zero attached hydrogens (tertiary/aromatic N) is 2. The molecule has 0 saturated carbocycles. The van der Waals surface area contributed by atoms with E-state index in [1.807, 2.05) is 91.9 Å². The molecular formula is C26H20ClN3O2. The van der Waals surface area contributed by atoms with E-state index in [-0.39, 0.29) is 17.6 Å². The topological polar surface area (TPSA) is 62.3 Å². The Morgan fingerprint density at radius 2 is 1.53 bits per heavy atom. The lowest BCUT2D eigenvalue weighted by atomic mass is 9.82. The number of aryl methyl sites for hydroxylation is 1. The molecule has 0 spiro atoms. The average Bonchev–Trinajstić information content (AvgIpc) is 3.06. The Morgan fingerprint density at radius 1 is 0.906 bits per heavy atom. The predicted octanol–water partition coefficient (Wildman–Crippen LogP) is 5.19. The fourth-order valence-electron chi connectivity index (χ4n) is 4.23. The van der Waals surface area contributed by atoms with Crippen LogP contribution in [0, 0.1) is 6.92 Å². The second kappa shape index (κ2) is 7.77. The van der Waals surface area contributed by atoms with E-state index in [9.17, 15) is 9.59 Å². The number of aromatic nitrogens is 1. The summed E-state index contributed by atoms with van der Waals surface area (Å²) in [5.41, 5.74) is 2.57. The van der Waals surface area contributed by atoms with Gasteiger partial charge in [-0.05, 0) is 35.7 Å². The molecule has 6 heteroatoms. The van der Waals surface area contributed by atoms with Gasteiger partial charge in [-0.2, -0.15) is 0 Å². The molecule has 1 N–H and O–H groups in total. The summed E-state index contributed by atoms with van der Waals surface area (Å²) in [7, 11) is 0. The van der Waals surface area contributed by atoms with Gasteiger partial charge in [0.25, 0.3) is 5.91 Å². The number of carbonyl (C=O) groups is 2. The van der Waals surface area contributed by atoms with Gasteiger partial charge in [0.1, 0.15) is 5.15 Å². The fraction of sp³-hybridized carbons (Fsp3) is 0.115. The molecule has 0 bridgehead atoms. The van der Waals surface area contributed by atoms with E-state index in [4.69, 9.17) is 11.6 Å². The molecule has 0 atom stereocenters. The largest absolute Gasteiger partial charge is 0.325 e. The second-order valence-corrected chi connectivity index (χ2v) is 8.30. The van der Waals surface area contributed by atoms with Gasteiger partial charge in [0.05, 0.1) is 12.1 Å². The molecule has 1 aliphatic heterocycles. The molecule has 2 heterocycles. The number of benzene rings is 3. The van der Waals surface area contributed by atoms with Crippen LogP contribution in [-0.4, -0.2) is 21.8 Å². The van der Waals surface area contributed by atoms with E-state index in [0.717, 1.165) is 16.5 Å². The minimum absolute atomic E-state index is 0.0295. The smallest absolute Gasteiger partial charge is 0.315 e. The average molecular weight is 442 g/mol. The lowest BCUT2D eigenvalue weighted by Crippen LogP contribution is -2.45. The molecule has 1 saturated heterocycles. The predicted molar refractivity (Wildman–Crippen MR) is 124 cm³/mol. The number of fused-ring (bicyclic) bond motifs is 1. The molecule has 5 rings (SSSR count). The first-order chi connectivity index (χ1) is 15.5. The molecule has 0 aliphatic carbocycles. The van der Waals surface area contributed by atoms with Crippen LogP contribution < -0.4 is 5.32 Å². The summed E-state index contributed by atoms with van der Waals surface area (Å²) in [4.78, 5) is 32.6. The Hall–Kier alpha value is -3.70. The Labute approximate surface area is 190 Å². The van der Waals surface area contributed by atoms with Crippen molar-refractivity contribution in [2.75, 3.05) is 0 Å². The first-order valence-corrected chi connectivity index (χ1v) is 10.7. The number of rotatable bonds is 4. The number of hydrogen-bond acceptors (Lipinski definition) is 3. The number of halogens is 1. The zero-order chi connectivity index (χ0) is 22.3. The van der Waals surface area contributed by atoms with Crippen LogP contribution in [0.4, 0.5) is 4.79 Å². The molecule has 158 valence electrons. The standard InChI is InChI=1S/C26H20ClN3O2/c1-17-12-13-18-15-19(23(27)28-22(18)14-17)16-30-24(31)26(29-25(30)32,20-8-4-2-5-9-20)21-10-6-3-7-11-21/h2-15H,16H2,1H3,(H,29,32). The van der Waals surface area contributed by atoms with Gasteiger partial charge in [0.2, 0.25) is 0 Å². The highest BCUT2D eigenvalue weighted by Gasteiger charge is 2.53. The molecule has 1 fully saturated rings. The molecule has 0 radical (unpaired) electrons. The number of urea groups is 1. The monoisotopic (exact) mass is 441 g/mol. The second-order valence-electron chi connectivity index (χ2n) is 7.94. The van der Waals surface area contributed by atoms with Gasteiger partial charge in [0.15, 0.2) is 5.54 Å². The molecule has 0 unspecified atom stereocenters. The van der Waals surface area contributed by atoms with Crippen LogP contribution in [-0.2, 0) is 16.9 Å². The molecular weight excluding hydrogens is 422 g/mol. The zero-order valence-electron chi connectivity index (χ0n) is 17.4. The highest BCUT2D eigenvalue weighted by molar-refractivity contribution is 6.30. The van der Waals surface area contributed by atoms with Crippen molar-refractivity contribution in [1.82, 2.24) is 15.2 Å². The van der Waals surface area contributed by atoms with E-state index in [0.29, 0.717) is 16.7 Å². The Balaban J connectivity index is 1.58. The van der Waals surface area contributed by atoms with Crippen molar-refractivity contribution in [3.63, 3.8) is 0 Å². The SMILES string of the molecule is Cc1ccc2cc(CN3C(=O)NC(c4ccccc4)(c4ccccc4)C3=O)c(Cl)nc2c1. The van der Waals surface area contributed by atoms with Crippen LogP contribution in [0.25, 0.3) is 10.9 Å². The zero-order valence-corrected chi connectivity index (χ0v) is 18.1. The minimum Gasteiger partial charge on any atom is -0.315 e. The highest BCUT2D eigenvalue weighted by atomic mass is 35.5. The number of carbonyl (C=O) groups excluding carboxylic acids is 2. The van der Waals surface area contributed by atoms with Crippen LogP contribution >= 0.6 is 11.6 Å². The molecule has 1 aromatic heterocycles. The normalized spacial score (nSPS) is 15.2. The van der Waals surface area contributed by atoms with E-state index in [2.05, 4.69) is 10.3 Å². The van der Waals surface area contributed by atoms with Gasteiger partial charge in [-0.15, -0.1) is 0 Å². The van der Waals surface area contributed by atoms with E-state index >= 15 is 0 Å². The Bertz CT molecular complexity index is 1300. The van der Waals surface area contributed by atoms with Crippen molar-refractivity contribution in [2.45, 2.75) is 19.0 Å². The summed E-state index contributed by atoms with van der Waals surface area (Å²) in [6.07, 6.45) is 0. The number of amides is 3. The summed E-state index contributed by atoms with van der Waals surface area (Å²) in [5.74, 6) is -0.347. The van der Waals surface area contributed by atoms with Gasteiger partial charge in [-0.1, -0.05) is 84.4 Å². The lowest BCUT2D eigenvalue weighted by Gasteiger charge is -2.28. The van der Waals surface area contributed by atoms with Gasteiger partial charge in [-0.3, -0.25) is 9.69 Å². The first kappa shape index (κ1) is 20.2. The van der Waals surface area contributed by atoms with Crippen molar-refractivity contribution in [2.24, 2.45) is 0 Å². The third-order valence-electron chi connectivity index (χ3n) is 5.85. The van der Waals surface area contributed by atoms with E-state index in [1.54, 1.807) is 0 Å². The van der Waals surface area contributed by atoms with Crippen LogP contribution in [0.3, 0.4) is 0 Å². The summed E-state index contributed by atoms with van der Waals surface area (Å²) < 4.78 is 0. The molecule has 32 heavy (non-hydrogen) atoms. The van der Waals surface area contributed by atoms with Gasteiger partial charge < -0.3 is 5.32 Å². The summed E-state index contributed by atoms with van der Waals surface area (Å²) in [6, 6.07) is 25.9. The highest BCUT2D eigenvalue weighted by Crippen LogP contribution is 2.37. The Morgan fingerprint density at radius 3 is 2.16 bits per heavy atom. The maximum Gasteiger partial charge on any atom is 0.325 e. The molecule has 3 amide bonds. The van der Waals surface area contributed by atoms with Crippen LogP contribution in [0.5, 0.6) is 0 Å². The first-order valence-electron chi connectivity index (χ1n) is 10.3. The minimum atomic E-state index is -1.30. The van der Waals surface area contributed by atoms with Crippen molar-refractivity contribution in [1.29, 1.82) is 0 Å². The molecule has 5 nitrogen and oxygen atoms in total. The number of nitrogens with one attached hydrogen (secondary N) is 1. The van der Waals surface area contributed by atoms with Crippen molar-refractivity contribution in [3.05, 3.63) is 112 Å². The van der Waals surface area contributed by atoms with Crippen LogP contribution in [0.1, 0.15) is 22.3 Å².